The molecule has 27 heavy (non-hydrogen) atoms. The maximum Gasteiger partial charge on any atom is 0.220 e. The van der Waals surface area contributed by atoms with Crippen molar-refractivity contribution in [3.63, 3.8) is 0 Å². The second-order valence-corrected chi connectivity index (χ2v) is 7.21. The van der Waals surface area contributed by atoms with Crippen molar-refractivity contribution in [2.75, 3.05) is 6.54 Å². The van der Waals surface area contributed by atoms with Crippen molar-refractivity contribution in [2.24, 2.45) is 0 Å². The summed E-state index contributed by atoms with van der Waals surface area (Å²) < 4.78 is 0. The fraction of sp³-hybridized carbons (Fsp3) is 0.333. The maximum absolute atomic E-state index is 12.2. The fourth-order valence-corrected chi connectivity index (χ4v) is 2.82. The molecular formula is C21H25N5O. The molecule has 2 aromatic carbocycles. The lowest BCUT2D eigenvalue weighted by molar-refractivity contribution is -0.121. The molecule has 0 fully saturated rings. The average Bonchev–Trinajstić information content (AvgIpc) is 3.17. The van der Waals surface area contributed by atoms with Gasteiger partial charge < -0.3 is 5.32 Å². The first kappa shape index (κ1) is 18.8. The molecule has 0 bridgehead atoms. The van der Waals surface area contributed by atoms with E-state index in [1.54, 1.807) is 4.80 Å². The summed E-state index contributed by atoms with van der Waals surface area (Å²) in [4.78, 5) is 13.7. The molecule has 1 aromatic heterocycles. The summed E-state index contributed by atoms with van der Waals surface area (Å²) in [6, 6.07) is 20.0. The summed E-state index contributed by atoms with van der Waals surface area (Å²) in [6.45, 7) is 5.44. The number of rotatable bonds is 8. The smallest absolute Gasteiger partial charge is 0.220 e. The van der Waals surface area contributed by atoms with Crippen LogP contribution in [0.1, 0.15) is 32.3 Å². The van der Waals surface area contributed by atoms with Crippen molar-refractivity contribution in [2.45, 2.75) is 38.6 Å². The summed E-state index contributed by atoms with van der Waals surface area (Å²) in [6.07, 6.45) is 1.11. The van der Waals surface area contributed by atoms with Crippen LogP contribution >= 0.6 is 0 Å². The molecule has 0 aliphatic rings. The highest BCUT2D eigenvalue weighted by Gasteiger charge is 2.20. The van der Waals surface area contributed by atoms with E-state index in [1.165, 1.54) is 5.56 Å². The van der Waals surface area contributed by atoms with E-state index < -0.39 is 0 Å². The minimum atomic E-state index is -0.102. The van der Waals surface area contributed by atoms with Crippen LogP contribution in [0.25, 0.3) is 11.4 Å². The molecule has 3 rings (SSSR count). The lowest BCUT2D eigenvalue weighted by Crippen LogP contribution is -2.36. The molecule has 0 unspecified atom stereocenters. The van der Waals surface area contributed by atoms with Crippen LogP contribution in [-0.2, 0) is 16.8 Å². The predicted molar refractivity (Wildman–Crippen MR) is 105 cm³/mol. The summed E-state index contributed by atoms with van der Waals surface area (Å²) >= 11 is 0. The van der Waals surface area contributed by atoms with E-state index in [0.717, 1.165) is 5.56 Å². The summed E-state index contributed by atoms with van der Waals surface area (Å²) in [5.41, 5.74) is 2.05. The Morgan fingerprint density at radius 3 is 2.41 bits per heavy atom. The van der Waals surface area contributed by atoms with E-state index in [-0.39, 0.29) is 11.3 Å². The van der Waals surface area contributed by atoms with Crippen molar-refractivity contribution >= 4 is 5.91 Å². The third-order valence-electron chi connectivity index (χ3n) is 4.53. The number of tetrazole rings is 1. The van der Waals surface area contributed by atoms with Gasteiger partial charge in [-0.25, -0.2) is 0 Å². The first-order valence-corrected chi connectivity index (χ1v) is 9.20. The molecule has 0 saturated carbocycles. The molecule has 0 aliphatic carbocycles. The molecule has 0 saturated heterocycles. The standard InChI is InChI=1S/C21H25N5O/c1-21(2,18-12-7-4-8-13-18)16-22-19(27)14-9-15-26-24-20(23-25-26)17-10-5-3-6-11-17/h3-8,10-13H,9,14-16H2,1-2H3,(H,22,27). The zero-order valence-electron chi connectivity index (χ0n) is 15.8. The Morgan fingerprint density at radius 2 is 1.70 bits per heavy atom. The number of nitrogens with zero attached hydrogens (tertiary/aromatic N) is 4. The Bertz CT molecular complexity index is 859. The van der Waals surface area contributed by atoms with Crippen molar-refractivity contribution in [3.8, 4) is 11.4 Å². The van der Waals surface area contributed by atoms with Crippen LogP contribution in [0.2, 0.25) is 0 Å². The lowest BCUT2D eigenvalue weighted by Gasteiger charge is -2.25. The summed E-state index contributed by atoms with van der Waals surface area (Å²) in [5, 5.41) is 15.5. The molecule has 0 spiro atoms. The molecule has 140 valence electrons. The summed E-state index contributed by atoms with van der Waals surface area (Å²) in [7, 11) is 0. The molecule has 1 heterocycles. The van der Waals surface area contributed by atoms with Crippen LogP contribution in [0.4, 0.5) is 0 Å². The van der Waals surface area contributed by atoms with Gasteiger partial charge in [0.1, 0.15) is 0 Å². The van der Waals surface area contributed by atoms with E-state index in [1.807, 2.05) is 48.5 Å². The minimum absolute atomic E-state index is 0.0439. The molecular weight excluding hydrogens is 338 g/mol. The largest absolute Gasteiger partial charge is 0.355 e. The van der Waals surface area contributed by atoms with Gasteiger partial charge in [0.25, 0.3) is 0 Å². The van der Waals surface area contributed by atoms with Crippen LogP contribution < -0.4 is 5.32 Å². The Hall–Kier alpha value is -3.02. The van der Waals surface area contributed by atoms with Crippen LogP contribution in [0.5, 0.6) is 0 Å². The number of amides is 1. The Kier molecular flexibility index (Phi) is 5.96. The molecule has 1 N–H and O–H groups in total. The summed E-state index contributed by atoms with van der Waals surface area (Å²) in [5.74, 6) is 0.645. The second kappa shape index (κ2) is 8.58. The van der Waals surface area contributed by atoms with Gasteiger partial charge >= 0.3 is 0 Å². The first-order chi connectivity index (χ1) is 13.0. The third-order valence-corrected chi connectivity index (χ3v) is 4.53. The van der Waals surface area contributed by atoms with E-state index in [2.05, 4.69) is 46.7 Å². The van der Waals surface area contributed by atoms with Crippen molar-refractivity contribution in [3.05, 3.63) is 66.2 Å². The zero-order chi connectivity index (χ0) is 19.1. The van der Waals surface area contributed by atoms with E-state index in [4.69, 9.17) is 0 Å². The number of benzene rings is 2. The molecule has 0 aliphatic heterocycles. The monoisotopic (exact) mass is 363 g/mol. The first-order valence-electron chi connectivity index (χ1n) is 9.20. The number of hydrogen-bond acceptors (Lipinski definition) is 4. The molecule has 1 amide bonds. The molecule has 3 aromatic rings. The maximum atomic E-state index is 12.2. The Morgan fingerprint density at radius 1 is 1.04 bits per heavy atom. The number of nitrogens with one attached hydrogen (secondary N) is 1. The Balaban J connectivity index is 1.43. The van der Waals surface area contributed by atoms with Gasteiger partial charge in [0.15, 0.2) is 0 Å². The molecule has 0 atom stereocenters. The number of carbonyl (C=O) groups excluding carboxylic acids is 1. The van der Waals surface area contributed by atoms with Gasteiger partial charge in [0.05, 0.1) is 6.54 Å². The number of hydrogen-bond donors (Lipinski definition) is 1. The highest BCUT2D eigenvalue weighted by molar-refractivity contribution is 5.75. The average molecular weight is 363 g/mol. The molecule has 6 nitrogen and oxygen atoms in total. The molecule has 6 heteroatoms. The van der Waals surface area contributed by atoms with E-state index in [9.17, 15) is 4.79 Å². The molecule has 0 radical (unpaired) electrons. The van der Waals surface area contributed by atoms with Gasteiger partial charge in [-0.1, -0.05) is 74.5 Å². The van der Waals surface area contributed by atoms with Gasteiger partial charge in [-0.3, -0.25) is 4.79 Å². The van der Waals surface area contributed by atoms with E-state index in [0.29, 0.717) is 31.8 Å². The number of aryl methyl sites for hydroxylation is 1. The van der Waals surface area contributed by atoms with Gasteiger partial charge in [0.2, 0.25) is 11.7 Å². The fourth-order valence-electron chi connectivity index (χ4n) is 2.82. The number of aromatic nitrogens is 4. The van der Waals surface area contributed by atoms with Crippen LogP contribution in [0.3, 0.4) is 0 Å². The third kappa shape index (κ3) is 5.23. The highest BCUT2D eigenvalue weighted by atomic mass is 16.1. The van der Waals surface area contributed by atoms with Gasteiger partial charge in [-0.15, -0.1) is 10.2 Å². The minimum Gasteiger partial charge on any atom is -0.355 e. The van der Waals surface area contributed by atoms with Gasteiger partial charge in [-0.05, 0) is 17.2 Å². The van der Waals surface area contributed by atoms with Crippen molar-refractivity contribution in [1.82, 2.24) is 25.5 Å². The quantitative estimate of drug-likeness (QED) is 0.667. The zero-order valence-corrected chi connectivity index (χ0v) is 15.8. The van der Waals surface area contributed by atoms with Gasteiger partial charge in [-0.2, -0.15) is 4.80 Å². The van der Waals surface area contributed by atoms with Gasteiger partial charge in [0, 0.05) is 23.9 Å². The van der Waals surface area contributed by atoms with Crippen LogP contribution in [0.15, 0.2) is 60.7 Å². The Labute approximate surface area is 159 Å². The topological polar surface area (TPSA) is 72.7 Å². The lowest BCUT2D eigenvalue weighted by atomic mass is 9.84. The SMILES string of the molecule is CC(C)(CNC(=O)CCCn1nnc(-c2ccccc2)n1)c1ccccc1. The highest BCUT2D eigenvalue weighted by Crippen LogP contribution is 2.21. The predicted octanol–water partition coefficient (Wildman–Crippen LogP) is 3.21. The van der Waals surface area contributed by atoms with E-state index >= 15 is 0 Å². The van der Waals surface area contributed by atoms with Crippen LogP contribution in [-0.4, -0.2) is 32.7 Å². The van der Waals surface area contributed by atoms with Crippen molar-refractivity contribution < 1.29 is 4.79 Å². The normalized spacial score (nSPS) is 11.3. The van der Waals surface area contributed by atoms with Crippen LogP contribution in [0, 0.1) is 0 Å². The number of carbonyl (C=O) groups is 1. The van der Waals surface area contributed by atoms with Crippen molar-refractivity contribution in [1.29, 1.82) is 0 Å². The second-order valence-electron chi connectivity index (χ2n) is 7.21.